The van der Waals surface area contributed by atoms with Crippen LogP contribution in [0.3, 0.4) is 0 Å². The minimum atomic E-state index is 0.265. The third-order valence-corrected chi connectivity index (χ3v) is 3.17. The summed E-state index contributed by atoms with van der Waals surface area (Å²) >= 11 is 0. The maximum atomic E-state index is 9.08. The molecule has 3 rings (SSSR count). The van der Waals surface area contributed by atoms with Crippen molar-refractivity contribution in [3.8, 4) is 6.07 Å². The van der Waals surface area contributed by atoms with Crippen LogP contribution in [0.4, 0.5) is 5.95 Å². The minimum Gasteiger partial charge on any atom is -0.367 e. The Labute approximate surface area is 105 Å². The molecule has 0 spiro atoms. The molecule has 5 nitrogen and oxygen atoms in total. The van der Waals surface area contributed by atoms with Gasteiger partial charge in [0, 0.05) is 6.42 Å². The molecule has 0 saturated heterocycles. The Morgan fingerprint density at radius 1 is 1.44 bits per heavy atom. The van der Waals surface area contributed by atoms with E-state index in [4.69, 9.17) is 11.0 Å². The molecule has 1 saturated carbocycles. The highest BCUT2D eigenvalue weighted by Gasteiger charge is 2.26. The molecule has 90 valence electrons. The van der Waals surface area contributed by atoms with E-state index in [9.17, 15) is 0 Å². The van der Waals surface area contributed by atoms with Crippen LogP contribution < -0.4 is 5.73 Å². The van der Waals surface area contributed by atoms with Crippen LogP contribution in [0.2, 0.25) is 0 Å². The van der Waals surface area contributed by atoms with Gasteiger partial charge in [-0.15, -0.1) is 5.10 Å². The summed E-state index contributed by atoms with van der Waals surface area (Å²) in [5.41, 5.74) is 8.56. The molecule has 1 heterocycles. The van der Waals surface area contributed by atoms with E-state index < -0.39 is 0 Å². The average Bonchev–Trinajstić information content (AvgIpc) is 3.14. The van der Waals surface area contributed by atoms with Crippen LogP contribution in [-0.2, 0) is 6.42 Å². The van der Waals surface area contributed by atoms with Gasteiger partial charge in [-0.05, 0) is 36.0 Å². The lowest BCUT2D eigenvalue weighted by Gasteiger charge is -2.05. The molecular weight excluding hydrogens is 226 g/mol. The van der Waals surface area contributed by atoms with Gasteiger partial charge in [0.15, 0.2) is 0 Å². The number of aromatic nitrogens is 3. The van der Waals surface area contributed by atoms with Crippen molar-refractivity contribution in [2.45, 2.75) is 25.2 Å². The van der Waals surface area contributed by atoms with Crippen molar-refractivity contribution >= 4 is 5.95 Å². The van der Waals surface area contributed by atoms with E-state index in [0.717, 1.165) is 17.0 Å². The molecule has 5 heteroatoms. The van der Waals surface area contributed by atoms with Gasteiger partial charge in [0.2, 0.25) is 5.95 Å². The third-order valence-electron chi connectivity index (χ3n) is 3.17. The lowest BCUT2D eigenvalue weighted by atomic mass is 9.99. The highest BCUT2D eigenvalue weighted by Crippen LogP contribution is 2.41. The molecule has 1 aromatic heterocycles. The molecular formula is C13H13N5. The minimum absolute atomic E-state index is 0.265. The second kappa shape index (κ2) is 4.15. The Hall–Kier alpha value is -2.35. The van der Waals surface area contributed by atoms with E-state index >= 15 is 0 Å². The van der Waals surface area contributed by atoms with Crippen LogP contribution in [0.15, 0.2) is 18.2 Å². The van der Waals surface area contributed by atoms with Gasteiger partial charge in [0.05, 0.1) is 11.6 Å². The van der Waals surface area contributed by atoms with Crippen LogP contribution in [0.5, 0.6) is 0 Å². The molecule has 1 aliphatic carbocycles. The maximum absolute atomic E-state index is 9.08. The first kappa shape index (κ1) is 10.8. The number of nitrogens with zero attached hydrogens (tertiary/aromatic N) is 3. The van der Waals surface area contributed by atoms with Gasteiger partial charge in [-0.3, -0.25) is 5.10 Å². The van der Waals surface area contributed by atoms with Crippen molar-refractivity contribution in [2.24, 2.45) is 0 Å². The van der Waals surface area contributed by atoms with Crippen LogP contribution in [0, 0.1) is 11.3 Å². The van der Waals surface area contributed by atoms with Crippen molar-refractivity contribution in [1.29, 1.82) is 5.26 Å². The molecule has 0 unspecified atom stereocenters. The predicted molar refractivity (Wildman–Crippen MR) is 66.7 cm³/mol. The second-order valence-electron chi connectivity index (χ2n) is 4.62. The first-order chi connectivity index (χ1) is 8.76. The van der Waals surface area contributed by atoms with Crippen LogP contribution in [0.25, 0.3) is 0 Å². The van der Waals surface area contributed by atoms with Crippen molar-refractivity contribution in [1.82, 2.24) is 15.2 Å². The number of aromatic amines is 1. The van der Waals surface area contributed by atoms with Gasteiger partial charge in [-0.1, -0.05) is 12.1 Å². The molecule has 1 aromatic carbocycles. The van der Waals surface area contributed by atoms with Crippen molar-refractivity contribution in [2.75, 3.05) is 5.73 Å². The SMILES string of the molecule is N#Cc1ccc(Cc2nc(N)n[nH]2)cc1C1CC1. The van der Waals surface area contributed by atoms with Gasteiger partial charge < -0.3 is 5.73 Å². The molecule has 0 aliphatic heterocycles. The zero-order chi connectivity index (χ0) is 12.5. The first-order valence-electron chi connectivity index (χ1n) is 5.96. The summed E-state index contributed by atoms with van der Waals surface area (Å²) in [4.78, 5) is 4.08. The highest BCUT2D eigenvalue weighted by atomic mass is 15.3. The Balaban J connectivity index is 1.89. The Morgan fingerprint density at radius 3 is 2.89 bits per heavy atom. The smallest absolute Gasteiger partial charge is 0.239 e. The lowest BCUT2D eigenvalue weighted by molar-refractivity contribution is 0.967. The number of nitrogens with two attached hydrogens (primary N) is 1. The summed E-state index contributed by atoms with van der Waals surface area (Å²) in [5.74, 6) is 1.58. The van der Waals surface area contributed by atoms with Gasteiger partial charge in [0.1, 0.15) is 5.82 Å². The van der Waals surface area contributed by atoms with Crippen LogP contribution in [0.1, 0.15) is 41.3 Å². The van der Waals surface area contributed by atoms with E-state index in [0.29, 0.717) is 12.3 Å². The predicted octanol–water partition coefficient (Wildman–Crippen LogP) is 1.73. The van der Waals surface area contributed by atoms with Gasteiger partial charge in [-0.2, -0.15) is 10.2 Å². The van der Waals surface area contributed by atoms with Crippen LogP contribution >= 0.6 is 0 Å². The molecule has 2 aromatic rings. The number of benzene rings is 1. The standard InChI is InChI=1S/C13H13N5/c14-7-10-2-1-8(5-11(10)9-3-4-9)6-12-16-13(15)18-17-12/h1-2,5,9H,3-4,6H2,(H3,15,16,17,18). The quantitative estimate of drug-likeness (QED) is 0.853. The summed E-state index contributed by atoms with van der Waals surface area (Å²) < 4.78 is 0. The van der Waals surface area contributed by atoms with E-state index in [1.54, 1.807) is 0 Å². The summed E-state index contributed by atoms with van der Waals surface area (Å²) in [6, 6.07) is 8.22. The topological polar surface area (TPSA) is 91.4 Å². The van der Waals surface area contributed by atoms with E-state index in [1.807, 2.05) is 12.1 Å². The van der Waals surface area contributed by atoms with E-state index in [2.05, 4.69) is 27.3 Å². The number of hydrogen-bond acceptors (Lipinski definition) is 4. The molecule has 0 radical (unpaired) electrons. The zero-order valence-electron chi connectivity index (χ0n) is 9.85. The number of nitrogen functional groups attached to an aromatic ring is 1. The third kappa shape index (κ3) is 2.05. The molecule has 0 amide bonds. The Kier molecular flexibility index (Phi) is 2.49. The summed E-state index contributed by atoms with van der Waals surface area (Å²) in [5, 5.41) is 15.7. The summed E-state index contributed by atoms with van der Waals surface area (Å²) in [6.45, 7) is 0. The monoisotopic (exact) mass is 239 g/mol. The summed E-state index contributed by atoms with van der Waals surface area (Å²) in [6.07, 6.45) is 3.04. The van der Waals surface area contributed by atoms with Crippen molar-refractivity contribution in [3.63, 3.8) is 0 Å². The first-order valence-corrected chi connectivity index (χ1v) is 5.96. The number of nitriles is 1. The fourth-order valence-electron chi connectivity index (χ4n) is 2.14. The Bertz CT molecular complexity index is 619. The number of nitrogens with one attached hydrogen (secondary N) is 1. The van der Waals surface area contributed by atoms with Crippen molar-refractivity contribution in [3.05, 3.63) is 40.7 Å². The number of anilines is 1. The fraction of sp³-hybridized carbons (Fsp3) is 0.308. The van der Waals surface area contributed by atoms with Gasteiger partial charge in [0.25, 0.3) is 0 Å². The molecule has 18 heavy (non-hydrogen) atoms. The van der Waals surface area contributed by atoms with E-state index in [-0.39, 0.29) is 5.95 Å². The highest BCUT2D eigenvalue weighted by molar-refractivity contribution is 5.44. The fourth-order valence-corrected chi connectivity index (χ4v) is 2.14. The Morgan fingerprint density at radius 2 is 2.28 bits per heavy atom. The maximum Gasteiger partial charge on any atom is 0.239 e. The van der Waals surface area contributed by atoms with Crippen molar-refractivity contribution < 1.29 is 0 Å². The van der Waals surface area contributed by atoms with Gasteiger partial charge in [-0.25, -0.2) is 0 Å². The second-order valence-corrected chi connectivity index (χ2v) is 4.62. The molecule has 0 bridgehead atoms. The number of hydrogen-bond donors (Lipinski definition) is 2. The zero-order valence-corrected chi connectivity index (χ0v) is 9.85. The largest absolute Gasteiger partial charge is 0.367 e. The van der Waals surface area contributed by atoms with E-state index in [1.165, 1.54) is 18.4 Å². The molecule has 1 fully saturated rings. The normalized spacial score (nSPS) is 14.4. The number of H-pyrrole nitrogens is 1. The van der Waals surface area contributed by atoms with Gasteiger partial charge >= 0.3 is 0 Å². The number of rotatable bonds is 3. The molecule has 3 N–H and O–H groups in total. The lowest BCUT2D eigenvalue weighted by Crippen LogP contribution is -1.95. The molecule has 1 aliphatic rings. The average molecular weight is 239 g/mol. The molecule has 0 atom stereocenters. The van der Waals surface area contributed by atoms with Crippen LogP contribution in [-0.4, -0.2) is 15.2 Å². The summed E-state index contributed by atoms with van der Waals surface area (Å²) in [7, 11) is 0.